The van der Waals surface area contributed by atoms with Crippen LogP contribution in [0.25, 0.3) is 0 Å². The van der Waals surface area contributed by atoms with Gasteiger partial charge in [0.05, 0.1) is 0 Å². The van der Waals surface area contributed by atoms with Gasteiger partial charge in [-0.15, -0.1) is 5.92 Å². The van der Waals surface area contributed by atoms with Crippen molar-refractivity contribution in [2.24, 2.45) is 0 Å². The molecule has 3 nitrogen and oxygen atoms in total. The molecule has 0 unspecified atom stereocenters. The van der Waals surface area contributed by atoms with Gasteiger partial charge in [0.25, 0.3) is 0 Å². The highest BCUT2D eigenvalue weighted by atomic mass is 35.5. The van der Waals surface area contributed by atoms with Crippen molar-refractivity contribution >= 4 is 23.4 Å². The summed E-state index contributed by atoms with van der Waals surface area (Å²) in [5, 5.41) is 3.16. The number of amides is 1. The Balaban J connectivity index is 2.43. The lowest BCUT2D eigenvalue weighted by atomic mass is 10.3. The monoisotopic (exact) mass is 223 g/mol. The molecule has 0 aliphatic heterocycles. The van der Waals surface area contributed by atoms with E-state index in [4.69, 9.17) is 16.3 Å². The van der Waals surface area contributed by atoms with Gasteiger partial charge in [0.15, 0.2) is 6.61 Å². The summed E-state index contributed by atoms with van der Waals surface area (Å²) in [5.74, 6) is 5.24. The van der Waals surface area contributed by atoms with Gasteiger partial charge < -0.3 is 4.74 Å². The Kier molecular flexibility index (Phi) is 4.52. The van der Waals surface area contributed by atoms with Gasteiger partial charge in [0.1, 0.15) is 0 Å². The quantitative estimate of drug-likeness (QED) is 0.783. The maximum absolute atomic E-state index is 11.1. The number of rotatable bonds is 2. The third kappa shape index (κ3) is 4.39. The minimum absolute atomic E-state index is 0.0932. The third-order valence-corrected chi connectivity index (χ3v) is 1.79. The molecule has 1 rings (SSSR count). The molecule has 4 heteroatoms. The van der Waals surface area contributed by atoms with Gasteiger partial charge in [-0.1, -0.05) is 17.5 Å². The molecule has 1 amide bonds. The van der Waals surface area contributed by atoms with E-state index in [-0.39, 0.29) is 6.61 Å². The molecule has 0 fully saturated rings. The molecule has 0 aromatic heterocycles. The molecule has 0 saturated carbocycles. The number of nitrogens with one attached hydrogen (secondary N) is 1. The predicted molar refractivity (Wildman–Crippen MR) is 59.9 cm³/mol. The van der Waals surface area contributed by atoms with Crippen molar-refractivity contribution < 1.29 is 9.53 Å². The van der Waals surface area contributed by atoms with Gasteiger partial charge in [-0.05, 0) is 31.2 Å². The van der Waals surface area contributed by atoms with E-state index in [9.17, 15) is 4.79 Å². The zero-order chi connectivity index (χ0) is 11.1. The SMILES string of the molecule is CC#CCOC(=O)Nc1ccc(Cl)cc1. The topological polar surface area (TPSA) is 38.3 Å². The van der Waals surface area contributed by atoms with Crippen LogP contribution in [0.4, 0.5) is 10.5 Å². The molecule has 0 aliphatic rings. The number of ether oxygens (including phenoxy) is 1. The van der Waals surface area contributed by atoms with E-state index in [1.165, 1.54) is 0 Å². The third-order valence-electron chi connectivity index (χ3n) is 1.54. The van der Waals surface area contributed by atoms with Crippen molar-refractivity contribution in [2.75, 3.05) is 11.9 Å². The Hall–Kier alpha value is -1.66. The highest BCUT2D eigenvalue weighted by molar-refractivity contribution is 6.30. The molecule has 0 spiro atoms. The second kappa shape index (κ2) is 5.94. The van der Waals surface area contributed by atoms with Gasteiger partial charge in [-0.25, -0.2) is 4.79 Å². The van der Waals surface area contributed by atoms with Gasteiger partial charge in [-0.3, -0.25) is 5.32 Å². The molecular formula is C11H10ClNO2. The van der Waals surface area contributed by atoms with Gasteiger partial charge in [0.2, 0.25) is 0 Å². The zero-order valence-corrected chi connectivity index (χ0v) is 8.97. The molecular weight excluding hydrogens is 214 g/mol. The van der Waals surface area contributed by atoms with Crippen LogP contribution in [0, 0.1) is 11.8 Å². The van der Waals surface area contributed by atoms with Gasteiger partial charge in [0, 0.05) is 10.7 Å². The number of hydrogen-bond acceptors (Lipinski definition) is 2. The van der Waals surface area contributed by atoms with E-state index >= 15 is 0 Å². The van der Waals surface area contributed by atoms with E-state index in [0.717, 1.165) is 0 Å². The van der Waals surface area contributed by atoms with Crippen LogP contribution < -0.4 is 5.32 Å². The number of carbonyl (C=O) groups excluding carboxylic acids is 1. The highest BCUT2D eigenvalue weighted by Gasteiger charge is 2.00. The van der Waals surface area contributed by atoms with E-state index in [1.54, 1.807) is 31.2 Å². The fourth-order valence-electron chi connectivity index (χ4n) is 0.861. The minimum Gasteiger partial charge on any atom is -0.436 e. The molecule has 0 radical (unpaired) electrons. The van der Waals surface area contributed by atoms with Crippen molar-refractivity contribution in [3.8, 4) is 11.8 Å². The second-order valence-corrected chi connectivity index (χ2v) is 3.07. The van der Waals surface area contributed by atoms with E-state index < -0.39 is 6.09 Å². The fourth-order valence-corrected chi connectivity index (χ4v) is 0.987. The van der Waals surface area contributed by atoms with Crippen LogP contribution in [0.2, 0.25) is 5.02 Å². The number of anilines is 1. The fraction of sp³-hybridized carbons (Fsp3) is 0.182. The van der Waals surface area contributed by atoms with E-state index in [0.29, 0.717) is 10.7 Å². The Bertz CT molecular complexity index is 389. The maximum Gasteiger partial charge on any atom is 0.412 e. The minimum atomic E-state index is -0.528. The van der Waals surface area contributed by atoms with Crippen LogP contribution in [-0.2, 0) is 4.74 Å². The Morgan fingerprint density at radius 3 is 2.73 bits per heavy atom. The Morgan fingerprint density at radius 2 is 2.13 bits per heavy atom. The lowest BCUT2D eigenvalue weighted by Crippen LogP contribution is -2.13. The largest absolute Gasteiger partial charge is 0.436 e. The molecule has 15 heavy (non-hydrogen) atoms. The normalized spacial score (nSPS) is 8.67. The first-order chi connectivity index (χ1) is 7.22. The molecule has 0 atom stereocenters. The molecule has 0 heterocycles. The summed E-state index contributed by atoms with van der Waals surface area (Å²) in [7, 11) is 0. The van der Waals surface area contributed by atoms with Crippen LogP contribution in [-0.4, -0.2) is 12.7 Å². The first kappa shape index (κ1) is 11.4. The van der Waals surface area contributed by atoms with Crippen molar-refractivity contribution in [2.45, 2.75) is 6.92 Å². The van der Waals surface area contributed by atoms with Crippen LogP contribution in [0.3, 0.4) is 0 Å². The number of carbonyl (C=O) groups is 1. The molecule has 78 valence electrons. The molecule has 1 N–H and O–H groups in total. The summed E-state index contributed by atoms with van der Waals surface area (Å²) in [6.07, 6.45) is -0.528. The summed E-state index contributed by atoms with van der Waals surface area (Å²) in [4.78, 5) is 11.1. The first-order valence-electron chi connectivity index (χ1n) is 4.31. The van der Waals surface area contributed by atoms with Crippen LogP contribution in [0.1, 0.15) is 6.92 Å². The summed E-state index contributed by atoms with van der Waals surface area (Å²) < 4.78 is 4.76. The van der Waals surface area contributed by atoms with Crippen LogP contribution in [0.15, 0.2) is 24.3 Å². The molecule has 0 aliphatic carbocycles. The summed E-state index contributed by atoms with van der Waals surface area (Å²) in [5.41, 5.74) is 0.633. The standard InChI is InChI=1S/C11H10ClNO2/c1-2-3-8-15-11(14)13-10-6-4-9(12)5-7-10/h4-7H,8H2,1H3,(H,13,14). The van der Waals surface area contributed by atoms with Gasteiger partial charge in [-0.2, -0.15) is 0 Å². The smallest absolute Gasteiger partial charge is 0.412 e. The lowest BCUT2D eigenvalue weighted by Gasteiger charge is -2.04. The maximum atomic E-state index is 11.1. The van der Waals surface area contributed by atoms with E-state index in [1.807, 2.05) is 0 Å². The highest BCUT2D eigenvalue weighted by Crippen LogP contribution is 2.13. The average Bonchev–Trinajstić information content (AvgIpc) is 2.22. The van der Waals surface area contributed by atoms with Crippen molar-refractivity contribution in [1.82, 2.24) is 0 Å². The lowest BCUT2D eigenvalue weighted by molar-refractivity contribution is 0.176. The van der Waals surface area contributed by atoms with Gasteiger partial charge >= 0.3 is 6.09 Å². The Morgan fingerprint density at radius 1 is 1.47 bits per heavy atom. The number of halogens is 1. The van der Waals surface area contributed by atoms with Crippen LogP contribution >= 0.6 is 11.6 Å². The van der Waals surface area contributed by atoms with E-state index in [2.05, 4.69) is 17.2 Å². The van der Waals surface area contributed by atoms with Crippen molar-refractivity contribution in [1.29, 1.82) is 0 Å². The van der Waals surface area contributed by atoms with Crippen molar-refractivity contribution in [3.63, 3.8) is 0 Å². The first-order valence-corrected chi connectivity index (χ1v) is 4.69. The number of hydrogen-bond donors (Lipinski definition) is 1. The average molecular weight is 224 g/mol. The molecule has 0 saturated heterocycles. The van der Waals surface area contributed by atoms with Crippen molar-refractivity contribution in [3.05, 3.63) is 29.3 Å². The molecule has 0 bridgehead atoms. The molecule has 1 aromatic carbocycles. The number of benzene rings is 1. The zero-order valence-electron chi connectivity index (χ0n) is 8.21. The predicted octanol–water partition coefficient (Wildman–Crippen LogP) is 2.91. The summed E-state index contributed by atoms with van der Waals surface area (Å²) in [6.45, 7) is 1.77. The van der Waals surface area contributed by atoms with Crippen LogP contribution in [0.5, 0.6) is 0 Å². The summed E-state index contributed by atoms with van der Waals surface area (Å²) in [6, 6.07) is 6.75. The molecule has 1 aromatic rings. The Labute approximate surface area is 93.4 Å². The summed E-state index contributed by atoms with van der Waals surface area (Å²) >= 11 is 5.69. The second-order valence-electron chi connectivity index (χ2n) is 2.63.